The molecular formula is C19H26N4O4. The first-order valence-electron chi connectivity index (χ1n) is 9.37. The van der Waals surface area contributed by atoms with E-state index in [1.807, 2.05) is 11.8 Å². The van der Waals surface area contributed by atoms with Gasteiger partial charge >= 0.3 is 0 Å². The van der Waals surface area contributed by atoms with Crippen LogP contribution < -0.4 is 10.6 Å². The van der Waals surface area contributed by atoms with E-state index < -0.39 is 6.04 Å². The van der Waals surface area contributed by atoms with E-state index in [4.69, 9.17) is 4.74 Å². The third kappa shape index (κ3) is 4.84. The maximum absolute atomic E-state index is 12.9. The number of morpholine rings is 1. The zero-order valence-electron chi connectivity index (χ0n) is 15.6. The van der Waals surface area contributed by atoms with E-state index in [0.29, 0.717) is 50.5 Å². The zero-order valence-corrected chi connectivity index (χ0v) is 15.6. The summed E-state index contributed by atoms with van der Waals surface area (Å²) in [6, 6.07) is 6.42. The van der Waals surface area contributed by atoms with Gasteiger partial charge in [0.25, 0.3) is 5.91 Å². The number of carbonyl (C=O) groups excluding carboxylic acids is 3. The lowest BCUT2D eigenvalue weighted by atomic mass is 10.1. The first-order valence-corrected chi connectivity index (χ1v) is 9.37. The Kier molecular flexibility index (Phi) is 6.41. The van der Waals surface area contributed by atoms with Gasteiger partial charge in [-0.1, -0.05) is 13.0 Å². The van der Waals surface area contributed by atoms with E-state index in [1.165, 1.54) is 0 Å². The number of benzene rings is 1. The highest BCUT2D eigenvalue weighted by atomic mass is 16.5. The molecule has 0 saturated carbocycles. The number of ether oxygens (including phenoxy) is 1. The number of nitrogens with zero attached hydrogens (tertiary/aromatic N) is 2. The van der Waals surface area contributed by atoms with Crippen molar-refractivity contribution in [3.8, 4) is 0 Å². The molecule has 27 heavy (non-hydrogen) atoms. The second-order valence-corrected chi connectivity index (χ2v) is 6.73. The number of amides is 3. The molecule has 2 N–H and O–H groups in total. The smallest absolute Gasteiger partial charge is 0.254 e. The lowest BCUT2D eigenvalue weighted by Crippen LogP contribution is -2.56. The van der Waals surface area contributed by atoms with Crippen LogP contribution in [-0.2, 0) is 14.3 Å². The van der Waals surface area contributed by atoms with Crippen molar-refractivity contribution in [2.75, 3.05) is 51.3 Å². The van der Waals surface area contributed by atoms with Gasteiger partial charge in [-0.25, -0.2) is 0 Å². The van der Waals surface area contributed by atoms with E-state index in [-0.39, 0.29) is 17.7 Å². The summed E-state index contributed by atoms with van der Waals surface area (Å²) in [7, 11) is 0. The summed E-state index contributed by atoms with van der Waals surface area (Å²) < 4.78 is 5.28. The molecule has 146 valence electrons. The maximum Gasteiger partial charge on any atom is 0.254 e. The second kappa shape index (κ2) is 8.96. The van der Waals surface area contributed by atoms with E-state index in [0.717, 1.165) is 13.1 Å². The van der Waals surface area contributed by atoms with Gasteiger partial charge in [-0.05, 0) is 24.6 Å². The van der Waals surface area contributed by atoms with Crippen LogP contribution in [0.15, 0.2) is 24.3 Å². The van der Waals surface area contributed by atoms with Gasteiger partial charge in [0.2, 0.25) is 11.8 Å². The summed E-state index contributed by atoms with van der Waals surface area (Å²) in [5.41, 5.74) is 1.04. The Labute approximate surface area is 158 Å². The highest BCUT2D eigenvalue weighted by Gasteiger charge is 2.32. The van der Waals surface area contributed by atoms with Crippen molar-refractivity contribution in [1.82, 2.24) is 15.1 Å². The van der Waals surface area contributed by atoms with Crippen LogP contribution in [0.2, 0.25) is 0 Å². The lowest BCUT2D eigenvalue weighted by Gasteiger charge is -2.34. The van der Waals surface area contributed by atoms with E-state index in [1.54, 1.807) is 29.2 Å². The predicted molar refractivity (Wildman–Crippen MR) is 100 cm³/mol. The van der Waals surface area contributed by atoms with Crippen LogP contribution in [0.5, 0.6) is 0 Å². The fraction of sp³-hybridized carbons (Fsp3) is 0.526. The van der Waals surface area contributed by atoms with Gasteiger partial charge in [0.15, 0.2) is 0 Å². The number of nitrogens with one attached hydrogen (secondary N) is 2. The minimum atomic E-state index is -0.453. The third-order valence-corrected chi connectivity index (χ3v) is 4.84. The molecule has 0 aromatic heterocycles. The van der Waals surface area contributed by atoms with Gasteiger partial charge in [0, 0.05) is 37.4 Å². The molecule has 8 heteroatoms. The summed E-state index contributed by atoms with van der Waals surface area (Å²) in [6.07, 6.45) is 0.563. The van der Waals surface area contributed by atoms with Crippen LogP contribution in [0.1, 0.15) is 23.7 Å². The van der Waals surface area contributed by atoms with Gasteiger partial charge in [0.05, 0.1) is 19.8 Å². The number of anilines is 1. The van der Waals surface area contributed by atoms with Crippen LogP contribution in [0.25, 0.3) is 0 Å². The van der Waals surface area contributed by atoms with Crippen LogP contribution in [-0.4, -0.2) is 79.5 Å². The molecule has 2 saturated heterocycles. The highest BCUT2D eigenvalue weighted by molar-refractivity contribution is 6.00. The molecule has 0 spiro atoms. The Balaban J connectivity index is 1.64. The topological polar surface area (TPSA) is 91.0 Å². The number of rotatable bonds is 5. The first kappa shape index (κ1) is 19.3. The van der Waals surface area contributed by atoms with E-state index in [2.05, 4.69) is 10.6 Å². The Morgan fingerprint density at radius 3 is 2.78 bits per heavy atom. The Bertz CT molecular complexity index is 703. The number of hydrogen-bond acceptors (Lipinski definition) is 5. The van der Waals surface area contributed by atoms with Crippen LogP contribution in [0.4, 0.5) is 5.69 Å². The minimum absolute atomic E-state index is 0.118. The largest absolute Gasteiger partial charge is 0.379 e. The molecule has 8 nitrogen and oxygen atoms in total. The fourth-order valence-electron chi connectivity index (χ4n) is 3.42. The van der Waals surface area contributed by atoms with Crippen molar-refractivity contribution in [2.24, 2.45) is 0 Å². The van der Waals surface area contributed by atoms with Crippen LogP contribution >= 0.6 is 0 Å². The summed E-state index contributed by atoms with van der Waals surface area (Å²) in [5.74, 6) is -0.432. The minimum Gasteiger partial charge on any atom is -0.379 e. The summed E-state index contributed by atoms with van der Waals surface area (Å²) in [6.45, 7) is 5.87. The predicted octanol–water partition coefficient (Wildman–Crippen LogP) is 0.308. The van der Waals surface area contributed by atoms with Crippen molar-refractivity contribution >= 4 is 23.4 Å². The van der Waals surface area contributed by atoms with Crippen molar-refractivity contribution in [1.29, 1.82) is 0 Å². The lowest BCUT2D eigenvalue weighted by molar-refractivity contribution is -0.127. The van der Waals surface area contributed by atoms with Crippen LogP contribution in [0, 0.1) is 0 Å². The van der Waals surface area contributed by atoms with Gasteiger partial charge in [-0.15, -0.1) is 0 Å². The summed E-state index contributed by atoms with van der Waals surface area (Å²) in [5, 5.41) is 5.64. The zero-order chi connectivity index (χ0) is 19.2. The standard InChI is InChI=1S/C19H26N4O4/c1-2-16-18(25)20-6-7-23(16)19(26)14-4-3-5-15(12-14)21-17(24)13-22-8-10-27-11-9-22/h3-5,12,16H,2,6-11,13H2,1H3,(H,20,25)(H,21,24)/t16-/m1/s1. The molecule has 0 bridgehead atoms. The summed E-state index contributed by atoms with van der Waals surface area (Å²) in [4.78, 5) is 40.8. The summed E-state index contributed by atoms with van der Waals surface area (Å²) >= 11 is 0. The number of hydrogen-bond donors (Lipinski definition) is 2. The Morgan fingerprint density at radius 1 is 1.26 bits per heavy atom. The SMILES string of the molecule is CC[C@@H]1C(=O)NCCN1C(=O)c1cccc(NC(=O)CN2CCOCC2)c1. The molecule has 1 aromatic carbocycles. The average molecular weight is 374 g/mol. The van der Waals surface area contributed by atoms with Crippen LogP contribution in [0.3, 0.4) is 0 Å². The van der Waals surface area contributed by atoms with Gasteiger partial charge in [0.1, 0.15) is 6.04 Å². The highest BCUT2D eigenvalue weighted by Crippen LogP contribution is 2.17. The quantitative estimate of drug-likeness (QED) is 0.774. The Hall–Kier alpha value is -2.45. The van der Waals surface area contributed by atoms with Gasteiger partial charge in [-0.3, -0.25) is 19.3 Å². The molecule has 2 aliphatic rings. The fourth-order valence-corrected chi connectivity index (χ4v) is 3.42. The molecule has 0 aliphatic carbocycles. The number of piperazine rings is 1. The normalized spacial score (nSPS) is 20.9. The number of carbonyl (C=O) groups is 3. The molecular weight excluding hydrogens is 348 g/mol. The third-order valence-electron chi connectivity index (χ3n) is 4.84. The van der Waals surface area contributed by atoms with Crippen molar-refractivity contribution in [3.63, 3.8) is 0 Å². The molecule has 2 aliphatic heterocycles. The maximum atomic E-state index is 12.9. The molecule has 0 unspecified atom stereocenters. The Morgan fingerprint density at radius 2 is 2.04 bits per heavy atom. The average Bonchev–Trinajstić information content (AvgIpc) is 2.68. The molecule has 1 aromatic rings. The molecule has 3 amide bonds. The monoisotopic (exact) mass is 374 g/mol. The molecule has 3 rings (SSSR count). The second-order valence-electron chi connectivity index (χ2n) is 6.73. The van der Waals surface area contributed by atoms with Crippen molar-refractivity contribution < 1.29 is 19.1 Å². The molecule has 2 heterocycles. The first-order chi connectivity index (χ1) is 13.1. The molecule has 2 fully saturated rings. The molecule has 1 atom stereocenters. The van der Waals surface area contributed by atoms with E-state index >= 15 is 0 Å². The van der Waals surface area contributed by atoms with Gasteiger partial charge < -0.3 is 20.3 Å². The van der Waals surface area contributed by atoms with Gasteiger partial charge in [-0.2, -0.15) is 0 Å². The van der Waals surface area contributed by atoms with Crippen molar-refractivity contribution in [2.45, 2.75) is 19.4 Å². The van der Waals surface area contributed by atoms with Crippen molar-refractivity contribution in [3.05, 3.63) is 29.8 Å². The molecule has 0 radical (unpaired) electrons. The van der Waals surface area contributed by atoms with E-state index in [9.17, 15) is 14.4 Å².